The molecule has 5 rings (SSSR count). The molecule has 0 N–H and O–H groups in total. The Balaban J connectivity index is 1.29. The number of nitrogens with zero attached hydrogens (tertiary/aromatic N) is 5. The highest BCUT2D eigenvalue weighted by molar-refractivity contribution is 5.80. The fourth-order valence-electron chi connectivity index (χ4n) is 5.17. The van der Waals surface area contributed by atoms with Gasteiger partial charge in [0, 0.05) is 51.5 Å². The molecule has 8 heteroatoms. The number of halogens is 1. The van der Waals surface area contributed by atoms with E-state index in [1.54, 1.807) is 16.7 Å². The van der Waals surface area contributed by atoms with E-state index in [2.05, 4.69) is 4.90 Å². The predicted molar refractivity (Wildman–Crippen MR) is 132 cm³/mol. The number of carbonyl (C=O) groups excluding carboxylic acids is 1. The summed E-state index contributed by atoms with van der Waals surface area (Å²) in [6.45, 7) is 6.51. The third kappa shape index (κ3) is 4.24. The highest BCUT2D eigenvalue weighted by Gasteiger charge is 2.32. The smallest absolute Gasteiger partial charge is 0.293 e. The largest absolute Gasteiger partial charge is 0.368 e. The molecule has 0 bridgehead atoms. The van der Waals surface area contributed by atoms with Crippen LogP contribution in [-0.4, -0.2) is 59.6 Å². The predicted octanol–water partition coefficient (Wildman–Crippen LogP) is 3.12. The van der Waals surface area contributed by atoms with Crippen LogP contribution in [0.5, 0.6) is 0 Å². The summed E-state index contributed by atoms with van der Waals surface area (Å²) >= 11 is 0. The summed E-state index contributed by atoms with van der Waals surface area (Å²) in [5.74, 6) is 0.208. The SMILES string of the molecule is CCn1c(=O)c(N2CCC[C@@H](C(=O)N3CCN(c4ccc(F)cc4)CC3)C2)nc2ccccc21. The molecule has 2 fully saturated rings. The van der Waals surface area contributed by atoms with Crippen molar-refractivity contribution in [2.24, 2.45) is 5.92 Å². The Hall–Kier alpha value is -3.42. The summed E-state index contributed by atoms with van der Waals surface area (Å²) in [5.41, 5.74) is 2.51. The number of anilines is 2. The molecule has 0 spiro atoms. The van der Waals surface area contributed by atoms with Crippen LogP contribution in [0.2, 0.25) is 0 Å². The quantitative estimate of drug-likeness (QED) is 0.595. The number of para-hydroxylation sites is 2. The van der Waals surface area contributed by atoms with Crippen LogP contribution in [0.25, 0.3) is 11.0 Å². The van der Waals surface area contributed by atoms with Crippen LogP contribution >= 0.6 is 0 Å². The molecule has 3 aromatic rings. The highest BCUT2D eigenvalue weighted by Crippen LogP contribution is 2.24. The van der Waals surface area contributed by atoms with Crippen molar-refractivity contribution in [3.63, 3.8) is 0 Å². The number of aromatic nitrogens is 2. The molecule has 3 heterocycles. The van der Waals surface area contributed by atoms with Gasteiger partial charge >= 0.3 is 0 Å². The average Bonchev–Trinajstić information content (AvgIpc) is 2.88. The molecule has 2 aliphatic heterocycles. The Morgan fingerprint density at radius 1 is 1.00 bits per heavy atom. The second-order valence-electron chi connectivity index (χ2n) is 9.05. The third-order valence-corrected chi connectivity index (χ3v) is 7.00. The molecule has 1 aromatic heterocycles. The molecule has 1 atom stereocenters. The fourth-order valence-corrected chi connectivity index (χ4v) is 5.17. The van der Waals surface area contributed by atoms with E-state index in [-0.39, 0.29) is 23.2 Å². The maximum absolute atomic E-state index is 13.4. The normalized spacial score (nSPS) is 19.0. The molecule has 0 aliphatic carbocycles. The number of hydrogen-bond acceptors (Lipinski definition) is 5. The van der Waals surface area contributed by atoms with Crippen molar-refractivity contribution in [1.82, 2.24) is 14.5 Å². The van der Waals surface area contributed by atoms with E-state index < -0.39 is 0 Å². The number of benzene rings is 2. The number of piperidine rings is 1. The molecule has 0 unspecified atom stereocenters. The van der Waals surface area contributed by atoms with Gasteiger partial charge < -0.3 is 19.3 Å². The Labute approximate surface area is 198 Å². The van der Waals surface area contributed by atoms with Crippen molar-refractivity contribution in [1.29, 1.82) is 0 Å². The summed E-state index contributed by atoms with van der Waals surface area (Å²) < 4.78 is 15.0. The standard InChI is InChI=1S/C26H30FN5O2/c1-2-32-23-8-4-3-7-22(23)28-24(26(32)34)31-13-5-6-19(18-31)25(33)30-16-14-29(15-17-30)21-11-9-20(27)10-12-21/h3-4,7-12,19H,2,5-6,13-18H2,1H3/t19-/m1/s1. The van der Waals surface area contributed by atoms with Crippen molar-refractivity contribution in [2.75, 3.05) is 49.1 Å². The van der Waals surface area contributed by atoms with E-state index in [0.717, 1.165) is 49.2 Å². The maximum atomic E-state index is 13.4. The molecule has 2 saturated heterocycles. The fraction of sp³-hybridized carbons (Fsp3) is 0.423. The molecule has 0 saturated carbocycles. The van der Waals surface area contributed by atoms with E-state index in [1.165, 1.54) is 12.1 Å². The summed E-state index contributed by atoms with van der Waals surface area (Å²) in [6.07, 6.45) is 1.68. The van der Waals surface area contributed by atoms with Gasteiger partial charge in [-0.25, -0.2) is 9.37 Å². The Morgan fingerprint density at radius 2 is 1.74 bits per heavy atom. The maximum Gasteiger partial charge on any atom is 0.293 e. The zero-order valence-corrected chi connectivity index (χ0v) is 19.5. The van der Waals surface area contributed by atoms with Crippen LogP contribution in [0.4, 0.5) is 15.9 Å². The molecule has 7 nitrogen and oxygen atoms in total. The highest BCUT2D eigenvalue weighted by atomic mass is 19.1. The van der Waals surface area contributed by atoms with E-state index in [0.29, 0.717) is 32.0 Å². The summed E-state index contributed by atoms with van der Waals surface area (Å²) in [5, 5.41) is 0. The second-order valence-corrected chi connectivity index (χ2v) is 9.05. The minimum Gasteiger partial charge on any atom is -0.368 e. The van der Waals surface area contributed by atoms with E-state index in [4.69, 9.17) is 4.98 Å². The number of rotatable bonds is 4. The molecule has 34 heavy (non-hydrogen) atoms. The number of hydrogen-bond donors (Lipinski definition) is 0. The van der Waals surface area contributed by atoms with Gasteiger partial charge in [0.25, 0.3) is 5.56 Å². The zero-order chi connectivity index (χ0) is 23.7. The minimum absolute atomic E-state index is 0.0952. The van der Waals surface area contributed by atoms with Gasteiger partial charge in [0.15, 0.2) is 5.82 Å². The van der Waals surface area contributed by atoms with Crippen LogP contribution in [-0.2, 0) is 11.3 Å². The van der Waals surface area contributed by atoms with Gasteiger partial charge in [-0.3, -0.25) is 9.59 Å². The Bertz CT molecular complexity index is 1230. The lowest BCUT2D eigenvalue weighted by molar-refractivity contribution is -0.136. The number of amides is 1. The van der Waals surface area contributed by atoms with Crippen LogP contribution in [0.15, 0.2) is 53.3 Å². The summed E-state index contributed by atoms with van der Waals surface area (Å²) in [6, 6.07) is 14.2. The Kier molecular flexibility index (Phi) is 6.22. The molecular weight excluding hydrogens is 433 g/mol. The number of piperazine rings is 1. The Morgan fingerprint density at radius 3 is 2.47 bits per heavy atom. The van der Waals surface area contributed by atoms with Gasteiger partial charge in [0.05, 0.1) is 17.0 Å². The first kappa shape index (κ1) is 22.4. The lowest BCUT2D eigenvalue weighted by Crippen LogP contribution is -2.53. The molecule has 2 aromatic carbocycles. The van der Waals surface area contributed by atoms with Gasteiger partial charge in [0.1, 0.15) is 5.82 Å². The van der Waals surface area contributed by atoms with Crippen LogP contribution < -0.4 is 15.4 Å². The van der Waals surface area contributed by atoms with Crippen LogP contribution in [0.3, 0.4) is 0 Å². The second kappa shape index (κ2) is 9.44. The van der Waals surface area contributed by atoms with Crippen LogP contribution in [0.1, 0.15) is 19.8 Å². The van der Waals surface area contributed by atoms with Crippen molar-refractivity contribution < 1.29 is 9.18 Å². The number of aryl methyl sites for hydroxylation is 1. The summed E-state index contributed by atoms with van der Waals surface area (Å²) in [4.78, 5) is 37.4. The first-order chi connectivity index (χ1) is 16.5. The van der Waals surface area contributed by atoms with Gasteiger partial charge in [-0.15, -0.1) is 0 Å². The zero-order valence-electron chi connectivity index (χ0n) is 19.5. The van der Waals surface area contributed by atoms with Gasteiger partial charge in [-0.1, -0.05) is 12.1 Å². The van der Waals surface area contributed by atoms with E-state index >= 15 is 0 Å². The van der Waals surface area contributed by atoms with Crippen molar-refractivity contribution >= 4 is 28.4 Å². The molecule has 178 valence electrons. The van der Waals surface area contributed by atoms with Crippen LogP contribution in [0, 0.1) is 11.7 Å². The summed E-state index contributed by atoms with van der Waals surface area (Å²) in [7, 11) is 0. The molecule has 2 aliphatic rings. The van der Waals surface area contributed by atoms with Crippen molar-refractivity contribution in [3.8, 4) is 0 Å². The van der Waals surface area contributed by atoms with Gasteiger partial charge in [0.2, 0.25) is 5.91 Å². The van der Waals surface area contributed by atoms with Gasteiger partial charge in [-0.2, -0.15) is 0 Å². The first-order valence-corrected chi connectivity index (χ1v) is 12.1. The monoisotopic (exact) mass is 463 g/mol. The lowest BCUT2D eigenvalue weighted by Gasteiger charge is -2.40. The molecular formula is C26H30FN5O2. The first-order valence-electron chi connectivity index (χ1n) is 12.1. The van der Waals surface area contributed by atoms with Crippen molar-refractivity contribution in [3.05, 3.63) is 64.7 Å². The topological polar surface area (TPSA) is 61.7 Å². The molecule has 1 amide bonds. The van der Waals surface area contributed by atoms with Gasteiger partial charge in [-0.05, 0) is 56.2 Å². The third-order valence-electron chi connectivity index (χ3n) is 7.00. The number of fused-ring (bicyclic) bond motifs is 1. The van der Waals surface area contributed by atoms with E-state index in [9.17, 15) is 14.0 Å². The molecule has 0 radical (unpaired) electrons. The lowest BCUT2D eigenvalue weighted by atomic mass is 9.96. The van der Waals surface area contributed by atoms with E-state index in [1.807, 2.05) is 41.0 Å². The number of carbonyl (C=O) groups is 1. The minimum atomic E-state index is -0.244. The van der Waals surface area contributed by atoms with Crippen molar-refractivity contribution in [2.45, 2.75) is 26.3 Å². The average molecular weight is 464 g/mol.